The molecule has 1 heterocycles. The molecule has 5 nitrogen and oxygen atoms in total. The Morgan fingerprint density at radius 3 is 1.85 bits per heavy atom. The SMILES string of the molecule is O=C(CCCCCN1C(=O)c2ccccc2C1=O)NC(Cc1ccccc1)c1ccc(-c2ccccc2)cc1. The van der Waals surface area contributed by atoms with E-state index in [2.05, 4.69) is 53.8 Å². The van der Waals surface area contributed by atoms with Crippen LogP contribution in [0.3, 0.4) is 0 Å². The average molecular weight is 517 g/mol. The van der Waals surface area contributed by atoms with Crippen LogP contribution in [-0.2, 0) is 11.2 Å². The van der Waals surface area contributed by atoms with Gasteiger partial charge in [0.15, 0.2) is 0 Å². The molecule has 0 aromatic heterocycles. The van der Waals surface area contributed by atoms with Crippen molar-refractivity contribution in [3.05, 3.63) is 131 Å². The van der Waals surface area contributed by atoms with Gasteiger partial charge in [-0.1, -0.05) is 103 Å². The number of benzene rings is 4. The third kappa shape index (κ3) is 6.32. The molecule has 196 valence electrons. The minimum atomic E-state index is -0.227. The fourth-order valence-electron chi connectivity index (χ4n) is 5.08. The van der Waals surface area contributed by atoms with Crippen molar-refractivity contribution in [2.75, 3.05) is 6.54 Å². The van der Waals surface area contributed by atoms with Crippen LogP contribution in [0.15, 0.2) is 109 Å². The monoisotopic (exact) mass is 516 g/mol. The number of rotatable bonds is 11. The maximum Gasteiger partial charge on any atom is 0.261 e. The van der Waals surface area contributed by atoms with E-state index < -0.39 is 0 Å². The third-order valence-electron chi connectivity index (χ3n) is 7.20. The molecule has 0 saturated heterocycles. The topological polar surface area (TPSA) is 66.5 Å². The van der Waals surface area contributed by atoms with Gasteiger partial charge in [0.1, 0.15) is 0 Å². The first-order valence-corrected chi connectivity index (χ1v) is 13.5. The molecule has 1 aliphatic heterocycles. The third-order valence-corrected chi connectivity index (χ3v) is 7.20. The van der Waals surface area contributed by atoms with Crippen molar-refractivity contribution >= 4 is 17.7 Å². The van der Waals surface area contributed by atoms with Crippen LogP contribution in [-0.4, -0.2) is 29.2 Å². The van der Waals surface area contributed by atoms with E-state index in [0.717, 1.165) is 28.7 Å². The molecule has 0 radical (unpaired) electrons. The molecule has 39 heavy (non-hydrogen) atoms. The van der Waals surface area contributed by atoms with Gasteiger partial charge in [0, 0.05) is 13.0 Å². The summed E-state index contributed by atoms with van der Waals surface area (Å²) in [6.07, 6.45) is 3.23. The van der Waals surface area contributed by atoms with Crippen LogP contribution in [0, 0.1) is 0 Å². The Balaban J connectivity index is 1.15. The number of carbonyl (C=O) groups is 3. The summed E-state index contributed by atoms with van der Waals surface area (Å²) in [6.45, 7) is 0.373. The summed E-state index contributed by atoms with van der Waals surface area (Å²) in [6, 6.07) is 35.6. The lowest BCUT2D eigenvalue weighted by Gasteiger charge is -2.20. The highest BCUT2D eigenvalue weighted by Crippen LogP contribution is 2.25. The van der Waals surface area contributed by atoms with Gasteiger partial charge in [-0.15, -0.1) is 0 Å². The molecule has 4 aromatic rings. The van der Waals surface area contributed by atoms with E-state index in [1.54, 1.807) is 24.3 Å². The van der Waals surface area contributed by atoms with Crippen LogP contribution < -0.4 is 5.32 Å². The molecular formula is C34H32N2O3. The average Bonchev–Trinajstić information content (AvgIpc) is 3.22. The minimum absolute atomic E-state index is 0.00352. The van der Waals surface area contributed by atoms with E-state index in [9.17, 15) is 14.4 Å². The maximum atomic E-state index is 12.9. The number of nitrogens with zero attached hydrogens (tertiary/aromatic N) is 1. The number of hydrogen-bond acceptors (Lipinski definition) is 3. The predicted octanol–water partition coefficient (Wildman–Crippen LogP) is 6.61. The quantitative estimate of drug-likeness (QED) is 0.180. The van der Waals surface area contributed by atoms with Gasteiger partial charge >= 0.3 is 0 Å². The zero-order valence-electron chi connectivity index (χ0n) is 21.9. The molecule has 4 aromatic carbocycles. The van der Waals surface area contributed by atoms with E-state index in [1.165, 1.54) is 4.90 Å². The second kappa shape index (κ2) is 12.4. The van der Waals surface area contributed by atoms with Crippen LogP contribution in [0.5, 0.6) is 0 Å². The molecule has 1 unspecified atom stereocenters. The number of carbonyl (C=O) groups excluding carboxylic acids is 3. The van der Waals surface area contributed by atoms with E-state index >= 15 is 0 Å². The Bertz CT molecular complexity index is 1400. The van der Waals surface area contributed by atoms with Gasteiger partial charge in [-0.2, -0.15) is 0 Å². The first kappa shape index (κ1) is 26.1. The Kier molecular flexibility index (Phi) is 8.27. The fraction of sp³-hybridized carbons (Fsp3) is 0.206. The first-order chi connectivity index (χ1) is 19.1. The van der Waals surface area contributed by atoms with Crippen molar-refractivity contribution in [3.63, 3.8) is 0 Å². The van der Waals surface area contributed by atoms with Crippen molar-refractivity contribution in [2.45, 2.75) is 38.1 Å². The molecule has 1 atom stereocenters. The summed E-state index contributed by atoms with van der Waals surface area (Å²) in [4.78, 5) is 39.3. The highest BCUT2D eigenvalue weighted by atomic mass is 16.2. The van der Waals surface area contributed by atoms with Gasteiger partial charge < -0.3 is 5.32 Å². The standard InChI is InChI=1S/C34H32N2O3/c37-32(18-8-3-11-23-36-33(38)29-16-9-10-17-30(29)34(36)39)35-31(24-25-12-4-1-5-13-25)28-21-19-27(20-22-28)26-14-6-2-7-15-26/h1-2,4-7,9-10,12-17,19-22,31H,3,8,11,18,23-24H2,(H,35,37). The van der Waals surface area contributed by atoms with Crippen molar-refractivity contribution in [3.8, 4) is 11.1 Å². The van der Waals surface area contributed by atoms with Crippen molar-refractivity contribution in [2.24, 2.45) is 0 Å². The van der Waals surface area contributed by atoms with Gasteiger partial charge in [-0.05, 0) is 53.6 Å². The zero-order valence-corrected chi connectivity index (χ0v) is 21.9. The van der Waals surface area contributed by atoms with Crippen molar-refractivity contribution in [1.82, 2.24) is 10.2 Å². The molecule has 1 N–H and O–H groups in total. The maximum absolute atomic E-state index is 12.9. The molecule has 0 aliphatic carbocycles. The smallest absolute Gasteiger partial charge is 0.261 e. The highest BCUT2D eigenvalue weighted by molar-refractivity contribution is 6.21. The first-order valence-electron chi connectivity index (χ1n) is 13.5. The van der Waals surface area contributed by atoms with E-state index in [4.69, 9.17) is 0 Å². The lowest BCUT2D eigenvalue weighted by atomic mass is 9.96. The number of amides is 3. The zero-order chi connectivity index (χ0) is 27.0. The van der Waals surface area contributed by atoms with Crippen LogP contribution in [0.2, 0.25) is 0 Å². The highest BCUT2D eigenvalue weighted by Gasteiger charge is 2.34. The summed E-state index contributed by atoms with van der Waals surface area (Å²) in [7, 11) is 0. The summed E-state index contributed by atoms with van der Waals surface area (Å²) in [5, 5.41) is 3.24. The van der Waals surface area contributed by atoms with Gasteiger partial charge in [-0.25, -0.2) is 0 Å². The summed E-state index contributed by atoms with van der Waals surface area (Å²) < 4.78 is 0. The fourth-order valence-corrected chi connectivity index (χ4v) is 5.08. The van der Waals surface area contributed by atoms with Crippen LogP contribution in [0.4, 0.5) is 0 Å². The molecule has 0 spiro atoms. The lowest BCUT2D eigenvalue weighted by molar-refractivity contribution is -0.122. The van der Waals surface area contributed by atoms with Gasteiger partial charge in [-0.3, -0.25) is 19.3 Å². The Morgan fingerprint density at radius 2 is 1.21 bits per heavy atom. The van der Waals surface area contributed by atoms with E-state index in [1.807, 2.05) is 36.4 Å². The number of nitrogens with one attached hydrogen (secondary N) is 1. The number of unbranched alkanes of at least 4 members (excludes halogenated alkanes) is 2. The molecule has 1 aliphatic rings. The van der Waals surface area contributed by atoms with E-state index in [0.29, 0.717) is 43.4 Å². The second-order valence-corrected chi connectivity index (χ2v) is 9.92. The largest absolute Gasteiger partial charge is 0.349 e. The molecule has 5 heteroatoms. The lowest BCUT2D eigenvalue weighted by Crippen LogP contribution is -2.31. The minimum Gasteiger partial charge on any atom is -0.349 e. The molecule has 0 saturated carbocycles. The normalized spacial score (nSPS) is 13.3. The molecule has 3 amide bonds. The van der Waals surface area contributed by atoms with Crippen LogP contribution in [0.25, 0.3) is 11.1 Å². The van der Waals surface area contributed by atoms with Crippen molar-refractivity contribution < 1.29 is 14.4 Å². The number of hydrogen-bond donors (Lipinski definition) is 1. The predicted molar refractivity (Wildman–Crippen MR) is 153 cm³/mol. The van der Waals surface area contributed by atoms with Crippen molar-refractivity contribution in [1.29, 1.82) is 0 Å². The Morgan fingerprint density at radius 1 is 0.641 bits per heavy atom. The number of fused-ring (bicyclic) bond motifs is 1. The van der Waals surface area contributed by atoms with Gasteiger partial charge in [0.05, 0.1) is 17.2 Å². The molecular weight excluding hydrogens is 484 g/mol. The molecule has 0 bridgehead atoms. The Labute approximate surface area is 229 Å². The second-order valence-electron chi connectivity index (χ2n) is 9.92. The van der Waals surface area contributed by atoms with Gasteiger partial charge in [0.2, 0.25) is 5.91 Å². The molecule has 0 fully saturated rings. The summed E-state index contributed by atoms with van der Waals surface area (Å²) in [5.74, 6) is -0.449. The Hall–Kier alpha value is -4.51. The molecule has 5 rings (SSSR count). The van der Waals surface area contributed by atoms with Crippen LogP contribution >= 0.6 is 0 Å². The summed E-state index contributed by atoms with van der Waals surface area (Å²) in [5.41, 5.74) is 5.48. The summed E-state index contributed by atoms with van der Waals surface area (Å²) >= 11 is 0. The number of imide groups is 1. The van der Waals surface area contributed by atoms with E-state index in [-0.39, 0.29) is 23.8 Å². The van der Waals surface area contributed by atoms with Gasteiger partial charge in [0.25, 0.3) is 11.8 Å². The van der Waals surface area contributed by atoms with Crippen LogP contribution in [0.1, 0.15) is 63.6 Å².